The zero-order valence-corrected chi connectivity index (χ0v) is 12.1. The van der Waals surface area contributed by atoms with Crippen molar-refractivity contribution in [3.63, 3.8) is 0 Å². The highest BCUT2D eigenvalue weighted by molar-refractivity contribution is 5.96. The highest BCUT2D eigenvalue weighted by atomic mass is 16.3. The van der Waals surface area contributed by atoms with E-state index < -0.39 is 0 Å². The third-order valence-electron chi connectivity index (χ3n) is 3.47. The van der Waals surface area contributed by atoms with Gasteiger partial charge in [-0.3, -0.25) is 9.59 Å². The van der Waals surface area contributed by atoms with Gasteiger partial charge in [0.1, 0.15) is 5.69 Å². The molecule has 0 aliphatic carbocycles. The number of aromatic nitrogens is 1. The number of aliphatic hydroxyl groups is 1. The van der Waals surface area contributed by atoms with Gasteiger partial charge in [-0.1, -0.05) is 25.1 Å². The van der Waals surface area contributed by atoms with Crippen molar-refractivity contribution in [1.29, 1.82) is 0 Å². The number of benzene rings is 1. The Morgan fingerprint density at radius 1 is 1.38 bits per heavy atom. The van der Waals surface area contributed by atoms with Crippen molar-refractivity contribution in [2.75, 3.05) is 13.2 Å². The van der Waals surface area contributed by atoms with Crippen LogP contribution in [0.4, 0.5) is 0 Å². The summed E-state index contributed by atoms with van der Waals surface area (Å²) in [6.45, 7) is 2.65. The summed E-state index contributed by atoms with van der Waals surface area (Å²) < 4.78 is 0. The van der Waals surface area contributed by atoms with Crippen molar-refractivity contribution in [2.24, 2.45) is 5.92 Å². The van der Waals surface area contributed by atoms with Crippen molar-refractivity contribution in [3.05, 3.63) is 46.4 Å². The Bertz CT molecular complexity index is 679. The molecule has 5 nitrogen and oxygen atoms in total. The lowest BCUT2D eigenvalue weighted by atomic mass is 10.1. The molecule has 1 aromatic heterocycles. The van der Waals surface area contributed by atoms with Gasteiger partial charge in [0.15, 0.2) is 0 Å². The Labute approximate surface area is 123 Å². The van der Waals surface area contributed by atoms with Crippen LogP contribution >= 0.6 is 0 Å². The van der Waals surface area contributed by atoms with E-state index in [0.717, 1.165) is 18.2 Å². The molecule has 0 radical (unpaired) electrons. The summed E-state index contributed by atoms with van der Waals surface area (Å²) in [4.78, 5) is 26.5. The van der Waals surface area contributed by atoms with Gasteiger partial charge >= 0.3 is 0 Å². The third-order valence-corrected chi connectivity index (χ3v) is 3.47. The Kier molecular flexibility index (Phi) is 5.11. The molecule has 1 atom stereocenters. The van der Waals surface area contributed by atoms with Gasteiger partial charge in [-0.25, -0.2) is 0 Å². The molecule has 3 N–H and O–H groups in total. The standard InChI is InChI=1S/C16H20N2O3/c1-11(10-19)5-4-8-17-16(21)14-9-12-6-2-3-7-13(12)15(20)18-14/h2-3,6-7,9,11,19H,4-5,8,10H2,1H3,(H,17,21)(H,18,20). The Morgan fingerprint density at radius 3 is 2.90 bits per heavy atom. The van der Waals surface area contributed by atoms with Crippen molar-refractivity contribution in [3.8, 4) is 0 Å². The quantitative estimate of drug-likeness (QED) is 0.707. The van der Waals surface area contributed by atoms with E-state index in [1.807, 2.05) is 19.1 Å². The molecule has 0 aliphatic rings. The Morgan fingerprint density at radius 2 is 2.14 bits per heavy atom. The van der Waals surface area contributed by atoms with Crippen LogP contribution in [0, 0.1) is 5.92 Å². The van der Waals surface area contributed by atoms with E-state index in [1.54, 1.807) is 18.2 Å². The molecule has 1 unspecified atom stereocenters. The molecule has 0 spiro atoms. The normalized spacial score (nSPS) is 12.3. The number of carbonyl (C=O) groups is 1. The van der Waals surface area contributed by atoms with E-state index in [0.29, 0.717) is 11.9 Å². The number of nitrogens with one attached hydrogen (secondary N) is 2. The fourth-order valence-electron chi connectivity index (χ4n) is 2.17. The minimum absolute atomic E-state index is 0.159. The van der Waals surface area contributed by atoms with Crippen molar-refractivity contribution in [2.45, 2.75) is 19.8 Å². The largest absolute Gasteiger partial charge is 0.396 e. The molecular weight excluding hydrogens is 268 g/mol. The maximum absolute atomic E-state index is 12.0. The van der Waals surface area contributed by atoms with Gasteiger partial charge in [-0.05, 0) is 36.3 Å². The van der Waals surface area contributed by atoms with Gasteiger partial charge in [-0.15, -0.1) is 0 Å². The molecule has 112 valence electrons. The Balaban J connectivity index is 2.01. The number of carbonyl (C=O) groups excluding carboxylic acids is 1. The van der Waals surface area contributed by atoms with E-state index in [2.05, 4.69) is 10.3 Å². The van der Waals surface area contributed by atoms with Crippen LogP contribution in [0.15, 0.2) is 35.1 Å². The second-order valence-corrected chi connectivity index (χ2v) is 5.29. The van der Waals surface area contributed by atoms with Gasteiger partial charge in [-0.2, -0.15) is 0 Å². The molecule has 1 amide bonds. The van der Waals surface area contributed by atoms with E-state index in [9.17, 15) is 9.59 Å². The minimum Gasteiger partial charge on any atom is -0.396 e. The molecule has 2 rings (SSSR count). The number of H-pyrrole nitrogens is 1. The zero-order valence-electron chi connectivity index (χ0n) is 12.1. The second kappa shape index (κ2) is 7.04. The Hall–Kier alpha value is -2.14. The summed E-state index contributed by atoms with van der Waals surface area (Å²) >= 11 is 0. The third kappa shape index (κ3) is 3.92. The number of pyridine rings is 1. The van der Waals surface area contributed by atoms with E-state index in [-0.39, 0.29) is 29.7 Å². The van der Waals surface area contributed by atoms with Crippen LogP contribution in [-0.2, 0) is 0 Å². The summed E-state index contributed by atoms with van der Waals surface area (Å²) in [5.41, 5.74) is 0.0149. The van der Waals surface area contributed by atoms with Crippen LogP contribution in [0.3, 0.4) is 0 Å². The smallest absolute Gasteiger partial charge is 0.267 e. The number of aromatic amines is 1. The second-order valence-electron chi connectivity index (χ2n) is 5.29. The molecule has 0 aliphatic heterocycles. The van der Waals surface area contributed by atoms with Gasteiger partial charge in [0.25, 0.3) is 11.5 Å². The first-order valence-corrected chi connectivity index (χ1v) is 7.13. The topological polar surface area (TPSA) is 82.2 Å². The molecule has 1 heterocycles. The SMILES string of the molecule is CC(CO)CCCNC(=O)c1cc2ccccc2c(=O)[nH]1. The average Bonchev–Trinajstić information content (AvgIpc) is 2.51. The van der Waals surface area contributed by atoms with Crippen LogP contribution in [0.5, 0.6) is 0 Å². The highest BCUT2D eigenvalue weighted by Gasteiger charge is 2.09. The van der Waals surface area contributed by atoms with E-state index in [4.69, 9.17) is 5.11 Å². The predicted octanol–water partition coefficient (Wildman–Crippen LogP) is 1.67. The number of hydrogen-bond donors (Lipinski definition) is 3. The first-order valence-electron chi connectivity index (χ1n) is 7.13. The predicted molar refractivity (Wildman–Crippen MR) is 82.4 cm³/mol. The van der Waals surface area contributed by atoms with Crippen LogP contribution < -0.4 is 10.9 Å². The minimum atomic E-state index is -0.283. The lowest BCUT2D eigenvalue weighted by molar-refractivity contribution is 0.0947. The fourth-order valence-corrected chi connectivity index (χ4v) is 2.17. The first kappa shape index (κ1) is 15.3. The highest BCUT2D eigenvalue weighted by Crippen LogP contribution is 2.09. The summed E-state index contributed by atoms with van der Waals surface area (Å²) in [6, 6.07) is 8.85. The maximum Gasteiger partial charge on any atom is 0.267 e. The molecule has 0 bridgehead atoms. The van der Waals surface area contributed by atoms with E-state index in [1.165, 1.54) is 0 Å². The molecule has 21 heavy (non-hydrogen) atoms. The van der Waals surface area contributed by atoms with Gasteiger partial charge < -0.3 is 15.4 Å². The van der Waals surface area contributed by atoms with Crippen LogP contribution in [0.2, 0.25) is 0 Å². The number of amides is 1. The molecule has 1 aromatic carbocycles. The van der Waals surface area contributed by atoms with Crippen molar-refractivity contribution < 1.29 is 9.90 Å². The molecule has 0 fully saturated rings. The van der Waals surface area contributed by atoms with Crippen molar-refractivity contribution in [1.82, 2.24) is 10.3 Å². The molecular formula is C16H20N2O3. The lowest BCUT2D eigenvalue weighted by Gasteiger charge is -2.09. The number of hydrogen-bond acceptors (Lipinski definition) is 3. The van der Waals surface area contributed by atoms with Gasteiger partial charge in [0.05, 0.1) is 0 Å². The molecule has 0 saturated carbocycles. The van der Waals surface area contributed by atoms with Crippen LogP contribution in [0.1, 0.15) is 30.3 Å². The summed E-state index contributed by atoms with van der Waals surface area (Å²) in [5.74, 6) is -0.0446. The zero-order chi connectivity index (χ0) is 15.2. The summed E-state index contributed by atoms with van der Waals surface area (Å²) in [6.07, 6.45) is 1.65. The lowest BCUT2D eigenvalue weighted by Crippen LogP contribution is -2.27. The monoisotopic (exact) mass is 288 g/mol. The molecule has 0 saturated heterocycles. The summed E-state index contributed by atoms with van der Waals surface area (Å²) in [7, 11) is 0. The molecule has 5 heteroatoms. The van der Waals surface area contributed by atoms with Gasteiger partial charge in [0.2, 0.25) is 0 Å². The number of aliphatic hydroxyl groups excluding tert-OH is 1. The van der Waals surface area contributed by atoms with E-state index >= 15 is 0 Å². The van der Waals surface area contributed by atoms with Crippen molar-refractivity contribution >= 4 is 16.7 Å². The number of rotatable bonds is 6. The van der Waals surface area contributed by atoms with Gasteiger partial charge in [0, 0.05) is 18.5 Å². The van der Waals surface area contributed by atoms with Crippen LogP contribution in [0.25, 0.3) is 10.8 Å². The average molecular weight is 288 g/mol. The first-order chi connectivity index (χ1) is 10.1. The molecule has 2 aromatic rings. The fraction of sp³-hybridized carbons (Fsp3) is 0.375. The summed E-state index contributed by atoms with van der Waals surface area (Å²) in [5, 5.41) is 13.0. The maximum atomic E-state index is 12.0. The van der Waals surface area contributed by atoms with Crippen LogP contribution in [-0.4, -0.2) is 29.1 Å². The number of fused-ring (bicyclic) bond motifs is 1.